The monoisotopic (exact) mass is 450 g/mol. The van der Waals surface area contributed by atoms with Crippen molar-refractivity contribution in [3.05, 3.63) is 35.4 Å². The van der Waals surface area contributed by atoms with Crippen molar-refractivity contribution in [3.8, 4) is 6.07 Å². The minimum absolute atomic E-state index is 0.00323. The summed E-state index contributed by atoms with van der Waals surface area (Å²) in [7, 11) is 0. The van der Waals surface area contributed by atoms with Gasteiger partial charge in [-0.05, 0) is 56.7 Å². The van der Waals surface area contributed by atoms with E-state index in [9.17, 15) is 19.6 Å². The highest BCUT2D eigenvalue weighted by atomic mass is 16.2. The number of nitrogens with two attached hydrogens (primary N) is 2. The van der Waals surface area contributed by atoms with E-state index in [1.165, 1.54) is 0 Å². The molecule has 5 rings (SSSR count). The van der Waals surface area contributed by atoms with Crippen molar-refractivity contribution in [3.63, 3.8) is 0 Å². The summed E-state index contributed by atoms with van der Waals surface area (Å²) in [6.07, 6.45) is 2.40. The average Bonchev–Trinajstić information content (AvgIpc) is 3.18. The number of rotatable bonds is 6. The molecule has 1 aromatic rings. The summed E-state index contributed by atoms with van der Waals surface area (Å²) in [6.45, 7) is 4.34. The van der Waals surface area contributed by atoms with Crippen LogP contribution in [0.15, 0.2) is 24.3 Å². The zero-order chi connectivity index (χ0) is 23.6. The van der Waals surface area contributed by atoms with Gasteiger partial charge in [0.05, 0.1) is 24.2 Å². The predicted octanol–water partition coefficient (Wildman–Crippen LogP) is 0.360. The lowest BCUT2D eigenvalue weighted by molar-refractivity contribution is -0.143. The van der Waals surface area contributed by atoms with Gasteiger partial charge in [-0.1, -0.05) is 12.1 Å². The number of benzene rings is 1. The molecular weight excluding hydrogens is 420 g/mol. The number of hydrogen-bond acceptors (Lipinski definition) is 6. The maximum atomic E-state index is 13.3. The molecule has 1 aliphatic carbocycles. The third-order valence-electron chi connectivity index (χ3n) is 8.15. The molecule has 8 atom stereocenters. The van der Waals surface area contributed by atoms with Gasteiger partial charge in [-0.3, -0.25) is 19.3 Å². The molecular formula is C24H30N6O3. The fraction of sp³-hybridized carbons (Fsp3) is 0.583. The van der Waals surface area contributed by atoms with Crippen LogP contribution in [-0.4, -0.2) is 75.2 Å². The Kier molecular flexibility index (Phi) is 5.18. The molecule has 2 bridgehead atoms. The molecule has 7 unspecified atom stereocenters. The van der Waals surface area contributed by atoms with Crippen molar-refractivity contribution in [2.24, 2.45) is 17.4 Å². The fourth-order valence-corrected chi connectivity index (χ4v) is 6.26. The van der Waals surface area contributed by atoms with E-state index in [4.69, 9.17) is 11.5 Å². The summed E-state index contributed by atoms with van der Waals surface area (Å²) < 4.78 is 0. The van der Waals surface area contributed by atoms with Crippen LogP contribution in [0.5, 0.6) is 0 Å². The van der Waals surface area contributed by atoms with Crippen LogP contribution in [0.1, 0.15) is 55.1 Å². The second-order valence-electron chi connectivity index (χ2n) is 9.96. The summed E-state index contributed by atoms with van der Waals surface area (Å²) in [5.41, 5.74) is 13.0. The van der Waals surface area contributed by atoms with Crippen molar-refractivity contribution in [1.82, 2.24) is 14.7 Å². The Labute approximate surface area is 193 Å². The van der Waals surface area contributed by atoms with Gasteiger partial charge < -0.3 is 21.3 Å². The molecule has 174 valence electrons. The molecule has 3 saturated heterocycles. The zero-order valence-corrected chi connectivity index (χ0v) is 18.9. The van der Waals surface area contributed by atoms with Gasteiger partial charge in [0.2, 0.25) is 17.7 Å². The van der Waals surface area contributed by atoms with Gasteiger partial charge in [0.1, 0.15) is 6.04 Å². The van der Waals surface area contributed by atoms with E-state index in [-0.39, 0.29) is 48.1 Å². The number of piperazine rings is 1. The first kappa shape index (κ1) is 21.9. The first-order valence-corrected chi connectivity index (χ1v) is 11.7. The van der Waals surface area contributed by atoms with E-state index in [1.807, 2.05) is 17.9 Å². The van der Waals surface area contributed by atoms with Crippen LogP contribution >= 0.6 is 0 Å². The Morgan fingerprint density at radius 3 is 2.70 bits per heavy atom. The van der Waals surface area contributed by atoms with E-state index in [0.717, 1.165) is 18.4 Å². The maximum Gasteiger partial charge on any atom is 0.248 e. The topological polar surface area (TPSA) is 137 Å². The molecule has 4 fully saturated rings. The largest absolute Gasteiger partial charge is 0.366 e. The molecule has 3 heterocycles. The van der Waals surface area contributed by atoms with E-state index in [1.54, 1.807) is 23.1 Å². The Morgan fingerprint density at radius 1 is 1.24 bits per heavy atom. The number of hydrogen-bond donors (Lipinski definition) is 2. The summed E-state index contributed by atoms with van der Waals surface area (Å²) in [4.78, 5) is 43.6. The van der Waals surface area contributed by atoms with E-state index in [2.05, 4.69) is 17.9 Å². The third-order valence-corrected chi connectivity index (χ3v) is 8.15. The Hall–Kier alpha value is -2.96. The summed E-state index contributed by atoms with van der Waals surface area (Å²) in [5.74, 6) is -0.210. The van der Waals surface area contributed by atoms with Crippen LogP contribution in [0.4, 0.5) is 0 Å². The number of nitriles is 1. The summed E-state index contributed by atoms with van der Waals surface area (Å²) >= 11 is 0. The second-order valence-corrected chi connectivity index (χ2v) is 9.96. The van der Waals surface area contributed by atoms with E-state index in [0.29, 0.717) is 24.4 Å². The second kappa shape index (κ2) is 7.82. The molecule has 0 spiro atoms. The third kappa shape index (κ3) is 3.40. The Morgan fingerprint density at radius 2 is 2.00 bits per heavy atom. The molecule has 1 aromatic carbocycles. The van der Waals surface area contributed by atoms with Gasteiger partial charge in [0.25, 0.3) is 0 Å². The van der Waals surface area contributed by atoms with Gasteiger partial charge >= 0.3 is 0 Å². The first-order chi connectivity index (χ1) is 15.7. The first-order valence-electron chi connectivity index (χ1n) is 11.7. The quantitative estimate of drug-likeness (QED) is 0.642. The van der Waals surface area contributed by atoms with Crippen LogP contribution in [0, 0.1) is 17.2 Å². The Bertz CT molecular complexity index is 1050. The van der Waals surface area contributed by atoms with Crippen LogP contribution in [-0.2, 0) is 9.59 Å². The van der Waals surface area contributed by atoms with Gasteiger partial charge in [0.15, 0.2) is 0 Å². The SMILES string of the molecule is CC(c1cccc(C(N)=O)c1)N1C(=O)C2CC1[C@H](C)N2CC(N)C(=O)N1C(C#N)CC2CC21. The fourth-order valence-electron chi connectivity index (χ4n) is 6.26. The van der Waals surface area contributed by atoms with Gasteiger partial charge in [-0.2, -0.15) is 5.26 Å². The normalized spacial score (nSPS) is 34.2. The molecule has 9 nitrogen and oxygen atoms in total. The van der Waals surface area contributed by atoms with Crippen molar-refractivity contribution >= 4 is 17.7 Å². The van der Waals surface area contributed by atoms with Crippen molar-refractivity contribution in [1.29, 1.82) is 5.26 Å². The molecule has 4 N–H and O–H groups in total. The smallest absolute Gasteiger partial charge is 0.248 e. The maximum absolute atomic E-state index is 13.3. The van der Waals surface area contributed by atoms with Crippen LogP contribution in [0.25, 0.3) is 0 Å². The highest BCUT2D eigenvalue weighted by molar-refractivity contribution is 5.93. The summed E-state index contributed by atoms with van der Waals surface area (Å²) in [6, 6.07) is 7.90. The molecule has 0 radical (unpaired) electrons. The molecule has 4 aliphatic rings. The lowest BCUT2D eigenvalue weighted by Gasteiger charge is -2.42. The number of carbonyl (C=O) groups is 3. The van der Waals surface area contributed by atoms with Gasteiger partial charge in [-0.15, -0.1) is 0 Å². The predicted molar refractivity (Wildman–Crippen MR) is 119 cm³/mol. The average molecular weight is 451 g/mol. The number of carbonyl (C=O) groups excluding carboxylic acids is 3. The highest BCUT2D eigenvalue weighted by Crippen LogP contribution is 2.48. The highest BCUT2D eigenvalue weighted by Gasteiger charge is 2.57. The number of fused-ring (bicyclic) bond motifs is 3. The molecule has 9 heteroatoms. The van der Waals surface area contributed by atoms with Crippen molar-refractivity contribution in [2.45, 2.75) is 75.4 Å². The number of primary amides is 1. The molecule has 33 heavy (non-hydrogen) atoms. The zero-order valence-electron chi connectivity index (χ0n) is 18.9. The molecule has 1 saturated carbocycles. The molecule has 3 aliphatic heterocycles. The molecule has 3 amide bonds. The number of piperidine rings is 1. The van der Waals surface area contributed by atoms with E-state index < -0.39 is 11.9 Å². The van der Waals surface area contributed by atoms with Crippen LogP contribution in [0.3, 0.4) is 0 Å². The number of amides is 3. The van der Waals surface area contributed by atoms with E-state index >= 15 is 0 Å². The van der Waals surface area contributed by atoms with Crippen LogP contribution in [0.2, 0.25) is 0 Å². The van der Waals surface area contributed by atoms with Crippen molar-refractivity contribution in [2.75, 3.05) is 6.54 Å². The molecule has 0 aromatic heterocycles. The summed E-state index contributed by atoms with van der Waals surface area (Å²) in [5, 5.41) is 9.40. The lowest BCUT2D eigenvalue weighted by Crippen LogP contribution is -2.60. The standard InChI is InChI=1S/C24H30N6O3/c1-12(14-4-3-5-15(6-14)22(27)31)29-19-9-21(24(29)33)28(13(19)2)11-18(26)23(32)30-17(10-25)7-16-8-20(16)30/h3-6,12-13,16-21H,7-9,11,26H2,1-2H3,(H2,27,31)/t12?,13-,16?,17?,18?,19?,20?,21?/m0/s1. The lowest BCUT2D eigenvalue weighted by atomic mass is 10.0. The van der Waals surface area contributed by atoms with Crippen molar-refractivity contribution < 1.29 is 14.4 Å². The van der Waals surface area contributed by atoms with Gasteiger partial charge in [0, 0.05) is 30.2 Å². The van der Waals surface area contributed by atoms with Crippen LogP contribution < -0.4 is 11.5 Å². The minimum Gasteiger partial charge on any atom is -0.366 e. The minimum atomic E-state index is -0.757. The van der Waals surface area contributed by atoms with Gasteiger partial charge in [-0.25, -0.2) is 0 Å². The number of likely N-dealkylation sites (tertiary alicyclic amines) is 3. The number of nitrogens with zero attached hydrogens (tertiary/aromatic N) is 4. The Balaban J connectivity index is 1.28.